The summed E-state index contributed by atoms with van der Waals surface area (Å²) in [5.41, 5.74) is 6.42. The van der Waals surface area contributed by atoms with E-state index in [2.05, 4.69) is 5.32 Å². The van der Waals surface area contributed by atoms with Crippen molar-refractivity contribution in [3.63, 3.8) is 0 Å². The number of rotatable bonds is 3. The van der Waals surface area contributed by atoms with Crippen molar-refractivity contribution in [3.8, 4) is 0 Å². The van der Waals surface area contributed by atoms with E-state index in [1.807, 2.05) is 25.1 Å². The molecule has 0 heterocycles. The average molecular weight is 263 g/mol. The predicted molar refractivity (Wildman–Crippen MR) is 68.9 cm³/mol. The standard InChI is InChI=1S/C11H15ClN2O.ClH/c1-7(13)11(15)14-8(2)9-4-3-5-10(12)6-9;/h3-8H,13H2,1-2H3,(H,14,15);1H/t7-,8?;/m0./s1. The normalized spacial score (nSPS) is 13.5. The Balaban J connectivity index is 0.00000225. The maximum absolute atomic E-state index is 11.3. The van der Waals surface area contributed by atoms with E-state index in [0.717, 1.165) is 5.56 Å². The number of halogens is 2. The highest BCUT2D eigenvalue weighted by atomic mass is 35.5. The van der Waals surface area contributed by atoms with Crippen LogP contribution in [0.1, 0.15) is 25.5 Å². The molecule has 1 aromatic carbocycles. The first-order valence-corrected chi connectivity index (χ1v) is 5.20. The molecule has 0 bridgehead atoms. The predicted octanol–water partition coefficient (Wildman–Crippen LogP) is 2.29. The zero-order valence-electron chi connectivity index (χ0n) is 9.24. The lowest BCUT2D eigenvalue weighted by atomic mass is 10.1. The highest BCUT2D eigenvalue weighted by Gasteiger charge is 2.12. The second-order valence-corrected chi connectivity index (χ2v) is 4.01. The molecule has 5 heteroatoms. The molecule has 0 fully saturated rings. The van der Waals surface area contributed by atoms with Gasteiger partial charge in [0, 0.05) is 5.02 Å². The topological polar surface area (TPSA) is 55.1 Å². The highest BCUT2D eigenvalue weighted by molar-refractivity contribution is 6.30. The summed E-state index contributed by atoms with van der Waals surface area (Å²) in [5, 5.41) is 3.46. The van der Waals surface area contributed by atoms with Crippen LogP contribution in [-0.4, -0.2) is 11.9 Å². The number of nitrogens with two attached hydrogens (primary N) is 1. The summed E-state index contributed by atoms with van der Waals surface area (Å²) in [5.74, 6) is -0.164. The largest absolute Gasteiger partial charge is 0.348 e. The van der Waals surface area contributed by atoms with E-state index in [9.17, 15) is 4.79 Å². The van der Waals surface area contributed by atoms with Gasteiger partial charge < -0.3 is 11.1 Å². The van der Waals surface area contributed by atoms with Crippen LogP contribution in [0.25, 0.3) is 0 Å². The van der Waals surface area contributed by atoms with Crippen molar-refractivity contribution in [1.29, 1.82) is 0 Å². The van der Waals surface area contributed by atoms with Gasteiger partial charge in [0.15, 0.2) is 0 Å². The van der Waals surface area contributed by atoms with Crippen molar-refractivity contribution in [2.75, 3.05) is 0 Å². The summed E-state index contributed by atoms with van der Waals surface area (Å²) in [4.78, 5) is 11.3. The fourth-order valence-corrected chi connectivity index (χ4v) is 1.40. The first-order chi connectivity index (χ1) is 7.00. The minimum Gasteiger partial charge on any atom is -0.348 e. The Labute approximate surface area is 107 Å². The molecule has 0 saturated carbocycles. The molecule has 1 aromatic rings. The molecule has 1 amide bonds. The molecule has 0 radical (unpaired) electrons. The fraction of sp³-hybridized carbons (Fsp3) is 0.364. The van der Waals surface area contributed by atoms with Crippen LogP contribution in [0.2, 0.25) is 5.02 Å². The maximum Gasteiger partial charge on any atom is 0.237 e. The van der Waals surface area contributed by atoms with Gasteiger partial charge in [-0.15, -0.1) is 12.4 Å². The van der Waals surface area contributed by atoms with Crippen LogP contribution in [-0.2, 0) is 4.79 Å². The van der Waals surface area contributed by atoms with Crippen molar-refractivity contribution in [2.24, 2.45) is 5.73 Å². The Morgan fingerprint density at radius 2 is 2.06 bits per heavy atom. The third-order valence-electron chi connectivity index (χ3n) is 2.12. The van der Waals surface area contributed by atoms with Crippen LogP contribution >= 0.6 is 24.0 Å². The molecule has 1 rings (SSSR count). The Morgan fingerprint density at radius 1 is 1.44 bits per heavy atom. The van der Waals surface area contributed by atoms with E-state index in [0.29, 0.717) is 5.02 Å². The monoisotopic (exact) mass is 262 g/mol. The number of benzene rings is 1. The minimum atomic E-state index is -0.494. The van der Waals surface area contributed by atoms with Gasteiger partial charge in [0.05, 0.1) is 12.1 Å². The van der Waals surface area contributed by atoms with E-state index >= 15 is 0 Å². The van der Waals surface area contributed by atoms with Crippen molar-refractivity contribution < 1.29 is 4.79 Å². The second kappa shape index (κ2) is 6.74. The van der Waals surface area contributed by atoms with Crippen LogP contribution in [0.15, 0.2) is 24.3 Å². The van der Waals surface area contributed by atoms with Crippen molar-refractivity contribution in [2.45, 2.75) is 25.9 Å². The molecular formula is C11H16Cl2N2O. The van der Waals surface area contributed by atoms with Crippen LogP contribution in [0.3, 0.4) is 0 Å². The Morgan fingerprint density at radius 3 is 2.56 bits per heavy atom. The molecule has 0 aliphatic heterocycles. The lowest BCUT2D eigenvalue weighted by Crippen LogP contribution is -2.39. The van der Waals surface area contributed by atoms with E-state index in [1.54, 1.807) is 13.0 Å². The fourth-order valence-electron chi connectivity index (χ4n) is 1.20. The number of hydrogen-bond donors (Lipinski definition) is 2. The van der Waals surface area contributed by atoms with Gasteiger partial charge in [-0.2, -0.15) is 0 Å². The number of nitrogens with one attached hydrogen (secondary N) is 1. The maximum atomic E-state index is 11.3. The SMILES string of the molecule is CC(NC(=O)[C@H](C)N)c1cccc(Cl)c1.Cl. The summed E-state index contributed by atoms with van der Waals surface area (Å²) >= 11 is 5.85. The molecule has 1 unspecified atom stereocenters. The highest BCUT2D eigenvalue weighted by Crippen LogP contribution is 2.17. The van der Waals surface area contributed by atoms with E-state index in [-0.39, 0.29) is 24.4 Å². The van der Waals surface area contributed by atoms with Gasteiger partial charge in [-0.1, -0.05) is 23.7 Å². The van der Waals surface area contributed by atoms with Crippen molar-refractivity contribution in [1.82, 2.24) is 5.32 Å². The second-order valence-electron chi connectivity index (χ2n) is 3.57. The Hall–Kier alpha value is -0.770. The van der Waals surface area contributed by atoms with Gasteiger partial charge in [-0.05, 0) is 31.5 Å². The first kappa shape index (κ1) is 15.2. The zero-order chi connectivity index (χ0) is 11.4. The summed E-state index contributed by atoms with van der Waals surface area (Å²) in [6.45, 7) is 3.55. The van der Waals surface area contributed by atoms with Crippen LogP contribution in [0.4, 0.5) is 0 Å². The van der Waals surface area contributed by atoms with E-state index < -0.39 is 6.04 Å². The van der Waals surface area contributed by atoms with Gasteiger partial charge in [0.25, 0.3) is 0 Å². The molecular weight excluding hydrogens is 247 g/mol. The summed E-state index contributed by atoms with van der Waals surface area (Å²) in [6.07, 6.45) is 0. The van der Waals surface area contributed by atoms with E-state index in [1.165, 1.54) is 0 Å². The Bertz CT molecular complexity index is 356. The zero-order valence-corrected chi connectivity index (χ0v) is 10.8. The lowest BCUT2D eigenvalue weighted by molar-refractivity contribution is -0.122. The number of carbonyl (C=O) groups is 1. The van der Waals surface area contributed by atoms with Crippen molar-refractivity contribution in [3.05, 3.63) is 34.9 Å². The molecule has 0 aliphatic carbocycles. The molecule has 90 valence electrons. The lowest BCUT2D eigenvalue weighted by Gasteiger charge is -2.16. The van der Waals surface area contributed by atoms with Gasteiger partial charge >= 0.3 is 0 Å². The summed E-state index contributed by atoms with van der Waals surface area (Å²) in [6, 6.07) is 6.82. The Kier molecular flexibility index (Phi) is 6.41. The molecule has 0 spiro atoms. The van der Waals surface area contributed by atoms with Crippen LogP contribution < -0.4 is 11.1 Å². The molecule has 0 saturated heterocycles. The summed E-state index contributed by atoms with van der Waals surface area (Å²) < 4.78 is 0. The van der Waals surface area contributed by atoms with E-state index in [4.69, 9.17) is 17.3 Å². The molecule has 0 aromatic heterocycles. The molecule has 2 atom stereocenters. The summed E-state index contributed by atoms with van der Waals surface area (Å²) in [7, 11) is 0. The van der Waals surface area contributed by atoms with Gasteiger partial charge in [-0.3, -0.25) is 4.79 Å². The number of amides is 1. The molecule has 16 heavy (non-hydrogen) atoms. The average Bonchev–Trinajstić information content (AvgIpc) is 2.17. The third-order valence-corrected chi connectivity index (χ3v) is 2.36. The smallest absolute Gasteiger partial charge is 0.237 e. The molecule has 3 N–H and O–H groups in total. The van der Waals surface area contributed by atoms with Gasteiger partial charge in [0.2, 0.25) is 5.91 Å². The first-order valence-electron chi connectivity index (χ1n) is 4.82. The quantitative estimate of drug-likeness (QED) is 0.879. The van der Waals surface area contributed by atoms with Crippen LogP contribution in [0.5, 0.6) is 0 Å². The minimum absolute atomic E-state index is 0. The molecule has 0 aliphatic rings. The van der Waals surface area contributed by atoms with Gasteiger partial charge in [0.1, 0.15) is 0 Å². The number of carbonyl (C=O) groups excluding carboxylic acids is 1. The molecule has 3 nitrogen and oxygen atoms in total. The van der Waals surface area contributed by atoms with Crippen molar-refractivity contribution >= 4 is 29.9 Å². The number of hydrogen-bond acceptors (Lipinski definition) is 2. The van der Waals surface area contributed by atoms with Gasteiger partial charge in [-0.25, -0.2) is 0 Å². The van der Waals surface area contributed by atoms with Crippen LogP contribution in [0, 0.1) is 0 Å². The third kappa shape index (κ3) is 4.39.